The molecule has 1 saturated heterocycles. The highest BCUT2D eigenvalue weighted by Gasteiger charge is 2.22. The average Bonchev–Trinajstić information content (AvgIpc) is 2.45. The molecule has 1 unspecified atom stereocenters. The molecule has 0 radical (unpaired) electrons. The van der Waals surface area contributed by atoms with Crippen LogP contribution in [-0.2, 0) is 0 Å². The molecule has 1 fully saturated rings. The molecular formula is C16H24N4. The minimum atomic E-state index is 0.346. The second-order valence-electron chi connectivity index (χ2n) is 5.89. The lowest BCUT2D eigenvalue weighted by molar-refractivity contribution is 0.370. The van der Waals surface area contributed by atoms with Crippen molar-refractivity contribution in [1.82, 2.24) is 10.3 Å². The molecule has 1 aliphatic rings. The van der Waals surface area contributed by atoms with Gasteiger partial charge in [-0.3, -0.25) is 0 Å². The fraction of sp³-hybridized carbons (Fsp3) is 0.625. The normalized spacial score (nSPS) is 18.9. The van der Waals surface area contributed by atoms with Gasteiger partial charge < -0.3 is 10.2 Å². The second kappa shape index (κ2) is 6.71. The van der Waals surface area contributed by atoms with E-state index in [1.807, 2.05) is 19.1 Å². The molecule has 0 aliphatic carbocycles. The molecule has 2 rings (SSSR count). The number of aryl methyl sites for hydroxylation is 1. The fourth-order valence-electron chi connectivity index (χ4n) is 2.75. The molecule has 20 heavy (non-hydrogen) atoms. The number of anilines is 1. The van der Waals surface area contributed by atoms with E-state index in [2.05, 4.69) is 35.1 Å². The average molecular weight is 272 g/mol. The first-order chi connectivity index (χ1) is 9.61. The van der Waals surface area contributed by atoms with Gasteiger partial charge in [0.2, 0.25) is 0 Å². The summed E-state index contributed by atoms with van der Waals surface area (Å²) in [6.07, 6.45) is 2.49. The molecule has 0 bridgehead atoms. The van der Waals surface area contributed by atoms with Crippen molar-refractivity contribution in [3.63, 3.8) is 0 Å². The van der Waals surface area contributed by atoms with Crippen LogP contribution in [0.4, 0.5) is 5.82 Å². The van der Waals surface area contributed by atoms with Gasteiger partial charge in [0.05, 0.1) is 5.56 Å². The molecule has 4 nitrogen and oxygen atoms in total. The summed E-state index contributed by atoms with van der Waals surface area (Å²) in [7, 11) is 0. The molecule has 1 aromatic heterocycles. The maximum Gasteiger partial charge on any atom is 0.147 e. The number of nitrogens with zero attached hydrogens (tertiary/aromatic N) is 3. The molecule has 2 heterocycles. The number of rotatable bonds is 4. The maximum atomic E-state index is 9.32. The number of pyridine rings is 1. The van der Waals surface area contributed by atoms with Crippen molar-refractivity contribution < 1.29 is 0 Å². The highest BCUT2D eigenvalue weighted by atomic mass is 15.2. The van der Waals surface area contributed by atoms with Crippen LogP contribution >= 0.6 is 0 Å². The molecule has 0 spiro atoms. The van der Waals surface area contributed by atoms with Crippen LogP contribution in [0.5, 0.6) is 0 Å². The quantitative estimate of drug-likeness (QED) is 0.915. The standard InChI is InChI=1S/C16H24N4/c1-12(2)20(11-14-5-4-8-18-10-14)16-15(9-17)7-6-13(3)19-16/h6-7,12,14,18H,4-5,8,10-11H2,1-3H3. The Morgan fingerprint density at radius 3 is 2.90 bits per heavy atom. The van der Waals surface area contributed by atoms with E-state index in [4.69, 9.17) is 0 Å². The SMILES string of the molecule is Cc1ccc(C#N)c(N(CC2CCCNC2)C(C)C)n1. The van der Waals surface area contributed by atoms with Crippen molar-refractivity contribution in [1.29, 1.82) is 5.26 Å². The lowest BCUT2D eigenvalue weighted by Gasteiger charge is -2.34. The number of nitriles is 1. The van der Waals surface area contributed by atoms with E-state index in [0.29, 0.717) is 17.5 Å². The first-order valence-corrected chi connectivity index (χ1v) is 7.47. The van der Waals surface area contributed by atoms with E-state index < -0.39 is 0 Å². The molecule has 1 N–H and O–H groups in total. The van der Waals surface area contributed by atoms with Crippen molar-refractivity contribution in [2.45, 2.75) is 39.7 Å². The van der Waals surface area contributed by atoms with Crippen LogP contribution < -0.4 is 10.2 Å². The van der Waals surface area contributed by atoms with E-state index in [1.165, 1.54) is 12.8 Å². The summed E-state index contributed by atoms with van der Waals surface area (Å²) < 4.78 is 0. The number of hydrogen-bond acceptors (Lipinski definition) is 4. The third-order valence-corrected chi connectivity index (χ3v) is 3.88. The summed E-state index contributed by atoms with van der Waals surface area (Å²) >= 11 is 0. The summed E-state index contributed by atoms with van der Waals surface area (Å²) in [5, 5.41) is 12.8. The van der Waals surface area contributed by atoms with Crippen LogP contribution in [0.2, 0.25) is 0 Å². The lowest BCUT2D eigenvalue weighted by atomic mass is 9.98. The highest BCUT2D eigenvalue weighted by Crippen LogP contribution is 2.23. The monoisotopic (exact) mass is 272 g/mol. The molecule has 0 amide bonds. The van der Waals surface area contributed by atoms with Crippen LogP contribution in [0, 0.1) is 24.2 Å². The van der Waals surface area contributed by atoms with Gasteiger partial charge in [0, 0.05) is 18.3 Å². The van der Waals surface area contributed by atoms with Crippen molar-refractivity contribution in [3.05, 3.63) is 23.4 Å². The maximum absolute atomic E-state index is 9.32. The lowest BCUT2D eigenvalue weighted by Crippen LogP contribution is -2.42. The minimum absolute atomic E-state index is 0.346. The first-order valence-electron chi connectivity index (χ1n) is 7.47. The van der Waals surface area contributed by atoms with E-state index >= 15 is 0 Å². The van der Waals surface area contributed by atoms with Crippen LogP contribution in [0.25, 0.3) is 0 Å². The number of nitrogens with one attached hydrogen (secondary N) is 1. The van der Waals surface area contributed by atoms with Crippen LogP contribution in [0.15, 0.2) is 12.1 Å². The van der Waals surface area contributed by atoms with E-state index in [9.17, 15) is 5.26 Å². The molecule has 0 saturated carbocycles. The Labute approximate surface area is 121 Å². The number of hydrogen-bond donors (Lipinski definition) is 1. The third-order valence-electron chi connectivity index (χ3n) is 3.88. The molecular weight excluding hydrogens is 248 g/mol. The number of piperidine rings is 1. The van der Waals surface area contributed by atoms with E-state index in [1.54, 1.807) is 0 Å². The predicted octanol–water partition coefficient (Wildman–Crippen LogP) is 2.48. The van der Waals surface area contributed by atoms with Gasteiger partial charge >= 0.3 is 0 Å². The number of aromatic nitrogens is 1. The Morgan fingerprint density at radius 1 is 1.50 bits per heavy atom. The van der Waals surface area contributed by atoms with Gasteiger partial charge in [0.15, 0.2) is 0 Å². The van der Waals surface area contributed by atoms with Crippen molar-refractivity contribution in [2.24, 2.45) is 5.92 Å². The van der Waals surface area contributed by atoms with Gasteiger partial charge in [-0.15, -0.1) is 0 Å². The topological polar surface area (TPSA) is 52.0 Å². The molecule has 108 valence electrons. The summed E-state index contributed by atoms with van der Waals surface area (Å²) in [5.41, 5.74) is 1.64. The van der Waals surface area contributed by atoms with Gasteiger partial charge in [-0.05, 0) is 64.8 Å². The second-order valence-corrected chi connectivity index (χ2v) is 5.89. The Bertz CT molecular complexity index is 484. The van der Waals surface area contributed by atoms with Crippen LogP contribution in [0.3, 0.4) is 0 Å². The van der Waals surface area contributed by atoms with Gasteiger partial charge in [-0.2, -0.15) is 5.26 Å². The van der Waals surface area contributed by atoms with Gasteiger partial charge in [0.1, 0.15) is 11.9 Å². The smallest absolute Gasteiger partial charge is 0.147 e. The summed E-state index contributed by atoms with van der Waals surface area (Å²) in [6.45, 7) is 9.48. The van der Waals surface area contributed by atoms with E-state index in [-0.39, 0.29) is 0 Å². The Balaban J connectivity index is 2.24. The summed E-state index contributed by atoms with van der Waals surface area (Å²) in [6, 6.07) is 6.41. The zero-order chi connectivity index (χ0) is 14.5. The van der Waals surface area contributed by atoms with Gasteiger partial charge in [-0.25, -0.2) is 4.98 Å². The molecule has 4 heteroatoms. The van der Waals surface area contributed by atoms with Crippen molar-refractivity contribution >= 4 is 5.82 Å². The van der Waals surface area contributed by atoms with Crippen molar-refractivity contribution in [3.8, 4) is 6.07 Å². The third kappa shape index (κ3) is 3.49. The predicted molar refractivity (Wildman–Crippen MR) is 81.8 cm³/mol. The Kier molecular flexibility index (Phi) is 4.97. The summed E-state index contributed by atoms with van der Waals surface area (Å²) in [5.74, 6) is 1.48. The minimum Gasteiger partial charge on any atom is -0.353 e. The largest absolute Gasteiger partial charge is 0.353 e. The van der Waals surface area contributed by atoms with Gasteiger partial charge in [0.25, 0.3) is 0 Å². The fourth-order valence-corrected chi connectivity index (χ4v) is 2.75. The zero-order valence-electron chi connectivity index (χ0n) is 12.7. The van der Waals surface area contributed by atoms with Crippen LogP contribution in [-0.4, -0.2) is 30.7 Å². The summed E-state index contributed by atoms with van der Waals surface area (Å²) in [4.78, 5) is 6.90. The van der Waals surface area contributed by atoms with E-state index in [0.717, 1.165) is 31.1 Å². The Hall–Kier alpha value is -1.60. The molecule has 1 aliphatic heterocycles. The molecule has 1 atom stereocenters. The highest BCUT2D eigenvalue weighted by molar-refractivity contribution is 5.54. The first kappa shape index (κ1) is 14.8. The Morgan fingerprint density at radius 2 is 2.30 bits per heavy atom. The van der Waals surface area contributed by atoms with Crippen LogP contribution in [0.1, 0.15) is 37.9 Å². The van der Waals surface area contributed by atoms with Gasteiger partial charge in [-0.1, -0.05) is 0 Å². The zero-order valence-corrected chi connectivity index (χ0v) is 12.7. The molecule has 1 aromatic rings. The molecule has 0 aromatic carbocycles. The van der Waals surface area contributed by atoms with Crippen molar-refractivity contribution in [2.75, 3.05) is 24.5 Å².